The molecule has 0 fully saturated rings. The zero-order valence-corrected chi connectivity index (χ0v) is 11.3. The monoisotopic (exact) mass is 224 g/mol. The van der Waals surface area contributed by atoms with E-state index < -0.39 is 0 Å². The highest BCUT2D eigenvalue weighted by Gasteiger charge is 2.32. The first-order chi connectivity index (χ1) is 7.39. The van der Waals surface area contributed by atoms with E-state index in [0.717, 1.165) is 6.54 Å². The summed E-state index contributed by atoms with van der Waals surface area (Å²) in [6.45, 7) is 7.58. The van der Waals surface area contributed by atoms with Crippen LogP contribution in [0.15, 0.2) is 12.4 Å². The summed E-state index contributed by atoms with van der Waals surface area (Å²) in [7, 11) is 6.18. The number of likely N-dealkylation sites (N-methyl/N-ethyl adjacent to an activating group) is 2. The van der Waals surface area contributed by atoms with Crippen molar-refractivity contribution in [2.24, 2.45) is 7.05 Å². The van der Waals surface area contributed by atoms with Crippen molar-refractivity contribution in [3.63, 3.8) is 0 Å². The van der Waals surface area contributed by atoms with Gasteiger partial charge < -0.3 is 10.2 Å². The number of hydrogen-bond donors (Lipinski definition) is 1. The fourth-order valence-corrected chi connectivity index (χ4v) is 1.83. The van der Waals surface area contributed by atoms with Gasteiger partial charge in [-0.2, -0.15) is 5.10 Å². The quantitative estimate of drug-likeness (QED) is 0.821. The predicted octanol–water partition coefficient (Wildman–Crippen LogP) is 1.41. The maximum absolute atomic E-state index is 4.25. The molecule has 4 heteroatoms. The van der Waals surface area contributed by atoms with E-state index in [1.807, 2.05) is 17.9 Å². The van der Waals surface area contributed by atoms with E-state index >= 15 is 0 Å². The van der Waals surface area contributed by atoms with E-state index in [1.165, 1.54) is 5.56 Å². The van der Waals surface area contributed by atoms with Crippen LogP contribution in [-0.4, -0.2) is 40.9 Å². The minimum absolute atomic E-state index is 0.0546. The zero-order valence-electron chi connectivity index (χ0n) is 11.3. The summed E-state index contributed by atoms with van der Waals surface area (Å²) in [5.74, 6) is 0. The molecule has 1 heterocycles. The van der Waals surface area contributed by atoms with Gasteiger partial charge in [0.15, 0.2) is 0 Å². The molecule has 92 valence electrons. The van der Waals surface area contributed by atoms with Crippen molar-refractivity contribution in [1.29, 1.82) is 0 Å². The Morgan fingerprint density at radius 1 is 1.50 bits per heavy atom. The van der Waals surface area contributed by atoms with Crippen molar-refractivity contribution in [1.82, 2.24) is 20.0 Å². The second kappa shape index (κ2) is 4.97. The van der Waals surface area contributed by atoms with E-state index in [0.29, 0.717) is 6.04 Å². The van der Waals surface area contributed by atoms with Crippen molar-refractivity contribution in [2.45, 2.75) is 32.4 Å². The molecule has 1 aromatic heterocycles. The fourth-order valence-electron chi connectivity index (χ4n) is 1.83. The molecule has 1 aromatic rings. The van der Waals surface area contributed by atoms with Gasteiger partial charge in [0, 0.05) is 24.3 Å². The molecule has 1 atom stereocenters. The largest absolute Gasteiger partial charge is 0.309 e. The number of hydrogen-bond acceptors (Lipinski definition) is 3. The van der Waals surface area contributed by atoms with Gasteiger partial charge in [0.25, 0.3) is 0 Å². The van der Waals surface area contributed by atoms with E-state index in [2.05, 4.69) is 56.4 Å². The summed E-state index contributed by atoms with van der Waals surface area (Å²) in [6, 6.07) is 0.293. The third kappa shape index (κ3) is 2.62. The van der Waals surface area contributed by atoms with Crippen LogP contribution in [0.25, 0.3) is 0 Å². The maximum atomic E-state index is 4.25. The van der Waals surface area contributed by atoms with Crippen molar-refractivity contribution < 1.29 is 0 Å². The Morgan fingerprint density at radius 2 is 2.12 bits per heavy atom. The SMILES string of the molecule is CCNC(c1cnn(C)c1)C(C)(C)N(C)C. The zero-order chi connectivity index (χ0) is 12.3. The van der Waals surface area contributed by atoms with Crippen LogP contribution in [0.3, 0.4) is 0 Å². The minimum atomic E-state index is 0.0546. The van der Waals surface area contributed by atoms with Crippen LogP contribution >= 0.6 is 0 Å². The number of aromatic nitrogens is 2. The summed E-state index contributed by atoms with van der Waals surface area (Å²) < 4.78 is 1.85. The minimum Gasteiger partial charge on any atom is -0.309 e. The standard InChI is InChI=1S/C12H24N4/c1-7-13-11(12(2,3)15(4)5)10-8-14-16(6)9-10/h8-9,11,13H,7H2,1-6H3. The van der Waals surface area contributed by atoms with E-state index in [4.69, 9.17) is 0 Å². The first kappa shape index (κ1) is 13.2. The van der Waals surface area contributed by atoms with Crippen LogP contribution in [-0.2, 0) is 7.05 Å². The number of nitrogens with one attached hydrogen (secondary N) is 1. The van der Waals surface area contributed by atoms with Crippen LogP contribution in [0.2, 0.25) is 0 Å². The lowest BCUT2D eigenvalue weighted by molar-refractivity contribution is 0.139. The normalized spacial score (nSPS) is 14.4. The van der Waals surface area contributed by atoms with E-state index in [-0.39, 0.29) is 5.54 Å². The van der Waals surface area contributed by atoms with Crippen molar-refractivity contribution in [3.8, 4) is 0 Å². The Kier molecular flexibility index (Phi) is 4.10. The summed E-state index contributed by atoms with van der Waals surface area (Å²) in [5, 5.41) is 7.79. The molecular weight excluding hydrogens is 200 g/mol. The smallest absolute Gasteiger partial charge is 0.0538 e. The second-order valence-corrected chi connectivity index (χ2v) is 4.99. The molecule has 0 saturated heterocycles. The van der Waals surface area contributed by atoms with Gasteiger partial charge in [-0.25, -0.2) is 0 Å². The summed E-state index contributed by atoms with van der Waals surface area (Å²) in [4.78, 5) is 2.24. The van der Waals surface area contributed by atoms with Gasteiger partial charge >= 0.3 is 0 Å². The van der Waals surface area contributed by atoms with Crippen LogP contribution in [0.5, 0.6) is 0 Å². The molecule has 0 spiro atoms. The van der Waals surface area contributed by atoms with Crippen LogP contribution in [0, 0.1) is 0 Å². The first-order valence-electron chi connectivity index (χ1n) is 5.79. The summed E-state index contributed by atoms with van der Waals surface area (Å²) >= 11 is 0. The Balaban J connectivity index is 2.99. The summed E-state index contributed by atoms with van der Waals surface area (Å²) in [6.07, 6.45) is 4.02. The van der Waals surface area contributed by atoms with Crippen LogP contribution < -0.4 is 5.32 Å². The second-order valence-electron chi connectivity index (χ2n) is 4.99. The van der Waals surface area contributed by atoms with E-state index in [9.17, 15) is 0 Å². The molecule has 0 aliphatic rings. The predicted molar refractivity (Wildman–Crippen MR) is 67.4 cm³/mol. The van der Waals surface area contributed by atoms with Crippen molar-refractivity contribution >= 4 is 0 Å². The number of aryl methyl sites for hydroxylation is 1. The lowest BCUT2D eigenvalue weighted by Crippen LogP contribution is -2.49. The lowest BCUT2D eigenvalue weighted by atomic mass is 9.89. The third-order valence-corrected chi connectivity index (χ3v) is 3.33. The van der Waals surface area contributed by atoms with Crippen molar-refractivity contribution in [2.75, 3.05) is 20.6 Å². The summed E-state index contributed by atoms with van der Waals surface area (Å²) in [5.41, 5.74) is 1.29. The van der Waals surface area contributed by atoms with Crippen LogP contribution in [0.1, 0.15) is 32.4 Å². The Hall–Kier alpha value is -0.870. The van der Waals surface area contributed by atoms with Gasteiger partial charge in [-0.3, -0.25) is 4.68 Å². The fraction of sp³-hybridized carbons (Fsp3) is 0.750. The molecule has 0 bridgehead atoms. The molecule has 1 rings (SSSR count). The van der Waals surface area contributed by atoms with E-state index in [1.54, 1.807) is 0 Å². The van der Waals surface area contributed by atoms with Gasteiger partial charge in [0.05, 0.1) is 12.2 Å². The average molecular weight is 224 g/mol. The molecule has 1 N–H and O–H groups in total. The number of nitrogens with zero attached hydrogens (tertiary/aromatic N) is 3. The molecule has 16 heavy (non-hydrogen) atoms. The molecule has 0 saturated carbocycles. The van der Waals surface area contributed by atoms with Gasteiger partial charge in [-0.05, 0) is 34.5 Å². The highest BCUT2D eigenvalue weighted by atomic mass is 15.2. The van der Waals surface area contributed by atoms with Gasteiger partial charge in [0.2, 0.25) is 0 Å². The highest BCUT2D eigenvalue weighted by molar-refractivity contribution is 5.16. The molecular formula is C12H24N4. The molecule has 0 aliphatic heterocycles. The van der Waals surface area contributed by atoms with Gasteiger partial charge in [0.1, 0.15) is 0 Å². The molecule has 0 aromatic carbocycles. The lowest BCUT2D eigenvalue weighted by Gasteiger charge is -2.40. The molecule has 0 aliphatic carbocycles. The molecule has 4 nitrogen and oxygen atoms in total. The molecule has 0 amide bonds. The Morgan fingerprint density at radius 3 is 2.50 bits per heavy atom. The Labute approximate surface area is 98.6 Å². The highest BCUT2D eigenvalue weighted by Crippen LogP contribution is 2.28. The third-order valence-electron chi connectivity index (χ3n) is 3.33. The molecule has 1 unspecified atom stereocenters. The van der Waals surface area contributed by atoms with Gasteiger partial charge in [-0.15, -0.1) is 0 Å². The average Bonchev–Trinajstić information content (AvgIpc) is 2.60. The topological polar surface area (TPSA) is 33.1 Å². The maximum Gasteiger partial charge on any atom is 0.0538 e. The Bertz CT molecular complexity index is 328. The van der Waals surface area contributed by atoms with Gasteiger partial charge in [-0.1, -0.05) is 6.92 Å². The number of rotatable bonds is 5. The van der Waals surface area contributed by atoms with Crippen molar-refractivity contribution in [3.05, 3.63) is 18.0 Å². The molecule has 0 radical (unpaired) electrons. The first-order valence-corrected chi connectivity index (χ1v) is 5.79. The van der Waals surface area contributed by atoms with Crippen LogP contribution in [0.4, 0.5) is 0 Å².